The van der Waals surface area contributed by atoms with Gasteiger partial charge >= 0.3 is 0 Å². The summed E-state index contributed by atoms with van der Waals surface area (Å²) in [5.74, 6) is 0.201. The van der Waals surface area contributed by atoms with Crippen LogP contribution in [0, 0.1) is 6.92 Å². The van der Waals surface area contributed by atoms with Gasteiger partial charge in [0.2, 0.25) is 5.95 Å². The monoisotopic (exact) mass is 398 g/mol. The van der Waals surface area contributed by atoms with E-state index in [1.54, 1.807) is 29.2 Å². The van der Waals surface area contributed by atoms with Gasteiger partial charge in [0.1, 0.15) is 5.69 Å². The normalized spacial score (nSPS) is 12.8. The topological polar surface area (TPSA) is 58.1 Å². The molecule has 1 N–H and O–H groups in total. The third-order valence-electron chi connectivity index (χ3n) is 4.38. The first-order valence-electron chi connectivity index (χ1n) is 8.49. The number of aromatic nitrogens is 2. The van der Waals surface area contributed by atoms with E-state index < -0.39 is 0 Å². The van der Waals surface area contributed by atoms with Crippen LogP contribution in [-0.4, -0.2) is 22.4 Å². The Kier molecular flexibility index (Phi) is 4.72. The largest absolute Gasteiger partial charge is 0.324 e. The third-order valence-corrected chi connectivity index (χ3v) is 5.12. The minimum absolute atomic E-state index is 0.136. The molecule has 1 aliphatic rings. The molecule has 0 spiro atoms. The van der Waals surface area contributed by atoms with Gasteiger partial charge in [-0.05, 0) is 49.2 Å². The summed E-state index contributed by atoms with van der Waals surface area (Å²) >= 11 is 12.0. The number of amides is 1. The van der Waals surface area contributed by atoms with Crippen molar-refractivity contribution >= 4 is 46.4 Å². The number of aryl methyl sites for hydroxylation is 1. The maximum Gasteiger partial charge on any atom is 0.277 e. The molecular weight excluding hydrogens is 383 g/mol. The van der Waals surface area contributed by atoms with E-state index in [0.717, 1.165) is 12.1 Å². The quantitative estimate of drug-likeness (QED) is 0.671. The number of benzene rings is 2. The summed E-state index contributed by atoms with van der Waals surface area (Å²) in [6.45, 7) is 2.48. The van der Waals surface area contributed by atoms with Crippen LogP contribution in [0.1, 0.15) is 21.7 Å². The van der Waals surface area contributed by atoms with Crippen LogP contribution in [0.5, 0.6) is 0 Å². The Morgan fingerprint density at radius 2 is 1.89 bits per heavy atom. The first kappa shape index (κ1) is 17.8. The van der Waals surface area contributed by atoms with Crippen molar-refractivity contribution in [2.45, 2.75) is 13.3 Å². The van der Waals surface area contributed by atoms with Crippen molar-refractivity contribution in [1.82, 2.24) is 9.97 Å². The van der Waals surface area contributed by atoms with Crippen LogP contribution in [-0.2, 0) is 6.42 Å². The molecule has 5 nitrogen and oxygen atoms in total. The number of hydrogen-bond donors (Lipinski definition) is 1. The molecule has 7 heteroatoms. The average Bonchev–Trinajstić information content (AvgIpc) is 3.08. The van der Waals surface area contributed by atoms with E-state index in [1.807, 2.05) is 31.2 Å². The van der Waals surface area contributed by atoms with Gasteiger partial charge < -0.3 is 10.2 Å². The highest BCUT2D eigenvalue weighted by molar-refractivity contribution is 6.42. The van der Waals surface area contributed by atoms with Gasteiger partial charge in [-0.1, -0.05) is 41.4 Å². The molecule has 0 saturated carbocycles. The van der Waals surface area contributed by atoms with Crippen LogP contribution in [0.3, 0.4) is 0 Å². The Labute approximate surface area is 167 Å². The second-order valence-electron chi connectivity index (χ2n) is 6.31. The molecule has 1 aliphatic heterocycles. The number of para-hydroxylation sites is 1. The zero-order chi connectivity index (χ0) is 19.0. The van der Waals surface area contributed by atoms with Crippen molar-refractivity contribution < 1.29 is 4.79 Å². The number of rotatable bonds is 3. The van der Waals surface area contributed by atoms with Crippen molar-refractivity contribution in [1.29, 1.82) is 0 Å². The second kappa shape index (κ2) is 7.18. The summed E-state index contributed by atoms with van der Waals surface area (Å²) in [5, 5.41) is 3.98. The molecule has 136 valence electrons. The summed E-state index contributed by atoms with van der Waals surface area (Å²) in [7, 11) is 0. The highest BCUT2D eigenvalue weighted by atomic mass is 35.5. The molecule has 0 unspecified atom stereocenters. The SMILES string of the molecule is Cc1cc(C(=O)N2CCc3ccccc32)nc(Nc2ccc(Cl)c(Cl)c2)n1. The Morgan fingerprint density at radius 1 is 1.07 bits per heavy atom. The van der Waals surface area contributed by atoms with Crippen LogP contribution in [0.15, 0.2) is 48.5 Å². The van der Waals surface area contributed by atoms with Crippen molar-refractivity contribution in [3.8, 4) is 0 Å². The van der Waals surface area contributed by atoms with E-state index in [9.17, 15) is 4.79 Å². The van der Waals surface area contributed by atoms with Gasteiger partial charge in [-0.3, -0.25) is 4.79 Å². The number of halogens is 2. The second-order valence-corrected chi connectivity index (χ2v) is 7.12. The van der Waals surface area contributed by atoms with Crippen molar-refractivity contribution in [3.63, 3.8) is 0 Å². The van der Waals surface area contributed by atoms with Gasteiger partial charge in [-0.2, -0.15) is 0 Å². The molecule has 27 heavy (non-hydrogen) atoms. The molecule has 0 bridgehead atoms. The number of nitrogens with zero attached hydrogens (tertiary/aromatic N) is 3. The predicted molar refractivity (Wildman–Crippen MR) is 108 cm³/mol. The predicted octanol–water partition coefficient (Wildman–Crippen LogP) is 5.04. The minimum Gasteiger partial charge on any atom is -0.324 e. The number of fused-ring (bicyclic) bond motifs is 1. The Morgan fingerprint density at radius 3 is 2.70 bits per heavy atom. The molecule has 1 aromatic heterocycles. The molecule has 2 heterocycles. The van der Waals surface area contributed by atoms with Crippen molar-refractivity contribution in [2.75, 3.05) is 16.8 Å². The Bertz CT molecular complexity index is 1040. The molecular formula is C20H16Cl2N4O. The molecule has 1 amide bonds. The number of carbonyl (C=O) groups excluding carboxylic acids is 1. The first-order valence-corrected chi connectivity index (χ1v) is 9.24. The summed E-state index contributed by atoms with van der Waals surface area (Å²) in [6.07, 6.45) is 0.848. The maximum absolute atomic E-state index is 13.0. The van der Waals surface area contributed by atoms with Crippen LogP contribution in [0.2, 0.25) is 10.0 Å². The zero-order valence-corrected chi connectivity index (χ0v) is 16.1. The lowest BCUT2D eigenvalue weighted by molar-refractivity contribution is 0.0984. The fourth-order valence-electron chi connectivity index (χ4n) is 3.12. The number of anilines is 3. The summed E-state index contributed by atoms with van der Waals surface area (Å²) in [4.78, 5) is 23.6. The first-order chi connectivity index (χ1) is 13.0. The zero-order valence-electron chi connectivity index (χ0n) is 14.5. The average molecular weight is 399 g/mol. The van der Waals surface area contributed by atoms with Crippen LogP contribution in [0.4, 0.5) is 17.3 Å². The lowest BCUT2D eigenvalue weighted by Gasteiger charge is -2.17. The lowest BCUT2D eigenvalue weighted by Crippen LogP contribution is -2.30. The fraction of sp³-hybridized carbons (Fsp3) is 0.150. The molecule has 0 fully saturated rings. The van der Waals surface area contributed by atoms with Crippen molar-refractivity contribution in [2.24, 2.45) is 0 Å². The number of nitrogens with one attached hydrogen (secondary N) is 1. The van der Waals surface area contributed by atoms with E-state index in [2.05, 4.69) is 15.3 Å². The van der Waals surface area contributed by atoms with E-state index in [0.29, 0.717) is 39.6 Å². The molecule has 2 aromatic carbocycles. The fourth-order valence-corrected chi connectivity index (χ4v) is 3.42. The molecule has 0 saturated heterocycles. The van der Waals surface area contributed by atoms with Crippen LogP contribution >= 0.6 is 23.2 Å². The molecule has 0 radical (unpaired) electrons. The van der Waals surface area contributed by atoms with Crippen LogP contribution < -0.4 is 10.2 Å². The summed E-state index contributed by atoms with van der Waals surface area (Å²) in [5.41, 5.74) is 3.86. The molecule has 3 aromatic rings. The maximum atomic E-state index is 13.0. The summed E-state index contributed by atoms with van der Waals surface area (Å²) < 4.78 is 0. The van der Waals surface area contributed by atoms with Gasteiger partial charge in [0, 0.05) is 23.6 Å². The van der Waals surface area contributed by atoms with Gasteiger partial charge in [0.05, 0.1) is 10.0 Å². The van der Waals surface area contributed by atoms with E-state index >= 15 is 0 Å². The molecule has 0 aliphatic carbocycles. The highest BCUT2D eigenvalue weighted by Gasteiger charge is 2.26. The van der Waals surface area contributed by atoms with E-state index in [1.165, 1.54) is 5.56 Å². The minimum atomic E-state index is -0.136. The van der Waals surface area contributed by atoms with E-state index in [4.69, 9.17) is 23.2 Å². The highest BCUT2D eigenvalue weighted by Crippen LogP contribution is 2.29. The molecule has 0 atom stereocenters. The third kappa shape index (κ3) is 3.61. The summed E-state index contributed by atoms with van der Waals surface area (Å²) in [6, 6.07) is 14.8. The smallest absolute Gasteiger partial charge is 0.277 e. The van der Waals surface area contributed by atoms with Crippen LogP contribution in [0.25, 0.3) is 0 Å². The number of hydrogen-bond acceptors (Lipinski definition) is 4. The number of carbonyl (C=O) groups is 1. The van der Waals surface area contributed by atoms with Gasteiger partial charge in [-0.15, -0.1) is 0 Å². The standard InChI is InChI=1S/C20H16Cl2N4O/c1-12-10-17(19(27)26-9-8-13-4-2-3-5-18(13)26)25-20(23-12)24-14-6-7-15(21)16(22)11-14/h2-7,10-11H,8-9H2,1H3,(H,23,24,25). The van der Waals surface area contributed by atoms with Gasteiger partial charge in [-0.25, -0.2) is 9.97 Å². The lowest BCUT2D eigenvalue weighted by atomic mass is 10.2. The molecule has 4 rings (SSSR count). The van der Waals surface area contributed by atoms with Gasteiger partial charge in [0.25, 0.3) is 5.91 Å². The van der Waals surface area contributed by atoms with Crippen molar-refractivity contribution in [3.05, 3.63) is 75.5 Å². The van der Waals surface area contributed by atoms with Gasteiger partial charge in [0.15, 0.2) is 0 Å². The van der Waals surface area contributed by atoms with E-state index in [-0.39, 0.29) is 5.91 Å². The Hall–Kier alpha value is -2.63. The Balaban J connectivity index is 1.62.